The molecule has 5 heteroatoms. The second-order valence-corrected chi connectivity index (χ2v) is 3.82. The zero-order valence-corrected chi connectivity index (χ0v) is 9.46. The van der Waals surface area contributed by atoms with Gasteiger partial charge in [-0.3, -0.25) is 5.32 Å². The van der Waals surface area contributed by atoms with Crippen LogP contribution in [0.3, 0.4) is 0 Å². The molecule has 1 rings (SSSR count). The van der Waals surface area contributed by atoms with Gasteiger partial charge in [0.1, 0.15) is 11.9 Å². The van der Waals surface area contributed by atoms with Crippen LogP contribution in [0.25, 0.3) is 0 Å². The van der Waals surface area contributed by atoms with Crippen LogP contribution in [0, 0.1) is 17.1 Å². The molecule has 15 heavy (non-hydrogen) atoms. The normalized spacial score (nSPS) is 12.1. The maximum Gasteiger partial charge on any atom is 0.129 e. The summed E-state index contributed by atoms with van der Waals surface area (Å²) in [5.41, 5.74) is 0.278. The Labute approximate surface area is 95.7 Å². The summed E-state index contributed by atoms with van der Waals surface area (Å²) in [6, 6.07) is 5.61. The van der Waals surface area contributed by atoms with Crippen molar-refractivity contribution in [2.45, 2.75) is 6.04 Å². The summed E-state index contributed by atoms with van der Waals surface area (Å²) in [6.07, 6.45) is 0. The van der Waals surface area contributed by atoms with Crippen LogP contribution in [0.4, 0.5) is 4.39 Å². The van der Waals surface area contributed by atoms with Crippen molar-refractivity contribution in [2.75, 3.05) is 13.2 Å². The van der Waals surface area contributed by atoms with Gasteiger partial charge in [-0.1, -0.05) is 15.9 Å². The molecule has 0 bridgehead atoms. The standard InChI is InChI=1S/C10H10BrFN2O/c11-7-1-2-9(12)8(5-7)10(6-13)14-3-4-15/h1-2,5,10,14-15H,3-4H2. The number of nitrogens with one attached hydrogen (secondary N) is 1. The number of benzene rings is 1. The first-order chi connectivity index (χ1) is 7.19. The third-order valence-corrected chi connectivity index (χ3v) is 2.35. The minimum atomic E-state index is -0.741. The fourth-order valence-corrected chi connectivity index (χ4v) is 1.55. The highest BCUT2D eigenvalue weighted by molar-refractivity contribution is 9.10. The Bertz CT molecular complexity index is 378. The second-order valence-electron chi connectivity index (χ2n) is 2.91. The molecule has 1 aromatic carbocycles. The molecule has 0 aliphatic carbocycles. The number of aliphatic hydroxyl groups is 1. The predicted molar refractivity (Wildman–Crippen MR) is 57.5 cm³/mol. The van der Waals surface area contributed by atoms with E-state index in [0.717, 1.165) is 0 Å². The smallest absolute Gasteiger partial charge is 0.129 e. The third kappa shape index (κ3) is 3.27. The first-order valence-electron chi connectivity index (χ1n) is 4.38. The van der Waals surface area contributed by atoms with Crippen LogP contribution in [-0.2, 0) is 0 Å². The molecule has 0 saturated carbocycles. The van der Waals surface area contributed by atoms with Crippen LogP contribution >= 0.6 is 15.9 Å². The van der Waals surface area contributed by atoms with Crippen molar-refractivity contribution in [1.29, 1.82) is 5.26 Å². The summed E-state index contributed by atoms with van der Waals surface area (Å²) in [5, 5.41) is 20.2. The largest absolute Gasteiger partial charge is 0.395 e. The Balaban J connectivity index is 2.91. The van der Waals surface area contributed by atoms with Crippen LogP contribution in [0.5, 0.6) is 0 Å². The SMILES string of the molecule is N#CC(NCCO)c1cc(Br)ccc1F. The summed E-state index contributed by atoms with van der Waals surface area (Å²) in [6.45, 7) is 0.165. The Morgan fingerprint density at radius 1 is 1.60 bits per heavy atom. The Morgan fingerprint density at radius 3 is 2.93 bits per heavy atom. The second kappa shape index (κ2) is 5.81. The first kappa shape index (κ1) is 12.1. The number of aliphatic hydroxyl groups excluding tert-OH is 1. The molecule has 0 aliphatic rings. The van der Waals surface area contributed by atoms with Gasteiger partial charge >= 0.3 is 0 Å². The summed E-state index contributed by atoms with van der Waals surface area (Å²) < 4.78 is 14.1. The van der Waals surface area contributed by atoms with Gasteiger partial charge in [0, 0.05) is 16.6 Å². The summed E-state index contributed by atoms with van der Waals surface area (Å²) in [4.78, 5) is 0. The minimum absolute atomic E-state index is 0.0895. The Morgan fingerprint density at radius 2 is 2.33 bits per heavy atom. The molecule has 0 spiro atoms. The molecule has 1 aromatic rings. The van der Waals surface area contributed by atoms with Crippen molar-refractivity contribution >= 4 is 15.9 Å². The van der Waals surface area contributed by atoms with E-state index in [9.17, 15) is 4.39 Å². The fourth-order valence-electron chi connectivity index (χ4n) is 1.17. The third-order valence-electron chi connectivity index (χ3n) is 1.86. The number of nitrogens with zero attached hydrogens (tertiary/aromatic N) is 1. The average Bonchev–Trinajstić information content (AvgIpc) is 2.24. The maximum atomic E-state index is 13.4. The molecule has 3 nitrogen and oxygen atoms in total. The van der Waals surface area contributed by atoms with Crippen molar-refractivity contribution in [3.8, 4) is 6.07 Å². The molecule has 0 aliphatic heterocycles. The number of halogens is 2. The zero-order chi connectivity index (χ0) is 11.3. The van der Waals surface area contributed by atoms with E-state index in [1.807, 2.05) is 6.07 Å². The highest BCUT2D eigenvalue weighted by Gasteiger charge is 2.14. The van der Waals surface area contributed by atoms with Gasteiger partial charge in [0.05, 0.1) is 12.7 Å². The molecule has 0 aromatic heterocycles. The molecule has 80 valence electrons. The molecule has 1 unspecified atom stereocenters. The maximum absolute atomic E-state index is 13.4. The lowest BCUT2D eigenvalue weighted by atomic mass is 10.1. The molecule has 0 saturated heterocycles. The van der Waals surface area contributed by atoms with E-state index in [0.29, 0.717) is 4.47 Å². The van der Waals surface area contributed by atoms with Crippen LogP contribution in [0.15, 0.2) is 22.7 Å². The summed E-state index contributed by atoms with van der Waals surface area (Å²) in [7, 11) is 0. The Kier molecular flexibility index (Phi) is 4.69. The van der Waals surface area contributed by atoms with Crippen molar-refractivity contribution in [3.63, 3.8) is 0 Å². The van der Waals surface area contributed by atoms with Crippen molar-refractivity contribution < 1.29 is 9.50 Å². The number of hydrogen-bond donors (Lipinski definition) is 2. The topological polar surface area (TPSA) is 56.0 Å². The molecule has 0 amide bonds. The van der Waals surface area contributed by atoms with E-state index in [-0.39, 0.29) is 18.7 Å². The Hall–Kier alpha value is -0.960. The van der Waals surface area contributed by atoms with Crippen molar-refractivity contribution in [1.82, 2.24) is 5.32 Å². The monoisotopic (exact) mass is 272 g/mol. The van der Waals surface area contributed by atoms with Gasteiger partial charge in [0.25, 0.3) is 0 Å². The fraction of sp³-hybridized carbons (Fsp3) is 0.300. The molecule has 0 fully saturated rings. The van der Waals surface area contributed by atoms with Gasteiger partial charge in [-0.2, -0.15) is 5.26 Å². The van der Waals surface area contributed by atoms with E-state index >= 15 is 0 Å². The van der Waals surface area contributed by atoms with Gasteiger partial charge in [-0.25, -0.2) is 4.39 Å². The predicted octanol–water partition coefficient (Wildman–Crippen LogP) is 1.73. The van der Waals surface area contributed by atoms with Gasteiger partial charge in [-0.15, -0.1) is 0 Å². The number of nitriles is 1. The van der Waals surface area contributed by atoms with Crippen LogP contribution in [0.1, 0.15) is 11.6 Å². The lowest BCUT2D eigenvalue weighted by Crippen LogP contribution is -2.24. The van der Waals surface area contributed by atoms with E-state index < -0.39 is 11.9 Å². The van der Waals surface area contributed by atoms with E-state index in [2.05, 4.69) is 21.2 Å². The van der Waals surface area contributed by atoms with Crippen LogP contribution in [0.2, 0.25) is 0 Å². The van der Waals surface area contributed by atoms with E-state index in [1.165, 1.54) is 6.07 Å². The first-order valence-corrected chi connectivity index (χ1v) is 5.17. The van der Waals surface area contributed by atoms with Crippen molar-refractivity contribution in [2.24, 2.45) is 0 Å². The zero-order valence-electron chi connectivity index (χ0n) is 7.87. The lowest BCUT2D eigenvalue weighted by Gasteiger charge is -2.11. The molecule has 0 heterocycles. The van der Waals surface area contributed by atoms with Gasteiger partial charge < -0.3 is 5.11 Å². The van der Waals surface area contributed by atoms with E-state index in [1.54, 1.807) is 12.1 Å². The highest BCUT2D eigenvalue weighted by Crippen LogP contribution is 2.21. The molecule has 1 atom stereocenters. The quantitative estimate of drug-likeness (QED) is 0.878. The number of hydrogen-bond acceptors (Lipinski definition) is 3. The van der Waals surface area contributed by atoms with Crippen molar-refractivity contribution in [3.05, 3.63) is 34.1 Å². The van der Waals surface area contributed by atoms with Gasteiger partial charge in [0.15, 0.2) is 0 Å². The molecule has 2 N–H and O–H groups in total. The van der Waals surface area contributed by atoms with Gasteiger partial charge in [-0.05, 0) is 18.2 Å². The van der Waals surface area contributed by atoms with Crippen LogP contribution < -0.4 is 5.32 Å². The van der Waals surface area contributed by atoms with E-state index in [4.69, 9.17) is 10.4 Å². The average molecular weight is 273 g/mol. The molecule has 0 radical (unpaired) electrons. The minimum Gasteiger partial charge on any atom is -0.395 e. The van der Waals surface area contributed by atoms with Crippen LogP contribution in [-0.4, -0.2) is 18.3 Å². The van der Waals surface area contributed by atoms with Gasteiger partial charge in [0.2, 0.25) is 0 Å². The summed E-state index contributed by atoms with van der Waals surface area (Å²) >= 11 is 3.21. The molecular formula is C10H10BrFN2O. The lowest BCUT2D eigenvalue weighted by molar-refractivity contribution is 0.288. The summed E-state index contributed by atoms with van der Waals surface area (Å²) in [5.74, 6) is -0.435. The molecular weight excluding hydrogens is 263 g/mol. The highest BCUT2D eigenvalue weighted by atomic mass is 79.9. The number of rotatable bonds is 4.